The molecule has 0 aliphatic carbocycles. The molecule has 0 amide bonds. The van der Waals surface area contributed by atoms with Crippen LogP contribution in [-0.4, -0.2) is 20.9 Å². The Morgan fingerprint density at radius 2 is 2.19 bits per heavy atom. The Morgan fingerprint density at radius 1 is 1.44 bits per heavy atom. The molecule has 0 atom stereocenters. The first-order valence-electron chi connectivity index (χ1n) is 4.64. The minimum absolute atomic E-state index is 0.0623. The Labute approximate surface area is 97.1 Å². The number of benzene rings is 1. The van der Waals surface area contributed by atoms with Gasteiger partial charge in [0.15, 0.2) is 0 Å². The van der Waals surface area contributed by atoms with Crippen molar-refractivity contribution in [3.63, 3.8) is 0 Å². The van der Waals surface area contributed by atoms with Crippen LogP contribution >= 0.6 is 11.6 Å². The highest BCUT2D eigenvalue weighted by Gasteiger charge is 2.15. The number of nitrogens with zero attached hydrogens (tertiary/aromatic N) is 2. The molecule has 0 aliphatic heterocycles. The Hall–Kier alpha value is -1.81. The van der Waals surface area contributed by atoms with Crippen molar-refractivity contribution in [1.82, 2.24) is 9.78 Å². The van der Waals surface area contributed by atoms with Crippen molar-refractivity contribution in [2.24, 2.45) is 0 Å². The third kappa shape index (κ3) is 1.79. The number of aromatic carboxylic acids is 1. The Bertz CT molecular complexity index is 549. The number of rotatable bonds is 2. The highest BCUT2D eigenvalue weighted by Crippen LogP contribution is 2.22. The summed E-state index contributed by atoms with van der Waals surface area (Å²) in [5, 5.41) is 13.5. The van der Waals surface area contributed by atoms with E-state index in [2.05, 4.69) is 5.10 Å². The van der Waals surface area contributed by atoms with Crippen LogP contribution in [-0.2, 0) is 0 Å². The molecule has 16 heavy (non-hydrogen) atoms. The summed E-state index contributed by atoms with van der Waals surface area (Å²) in [6, 6.07) is 6.71. The van der Waals surface area contributed by atoms with Crippen LogP contribution in [0.15, 0.2) is 30.5 Å². The normalized spacial score (nSPS) is 10.4. The highest BCUT2D eigenvalue weighted by molar-refractivity contribution is 6.34. The van der Waals surface area contributed by atoms with Gasteiger partial charge in [0.25, 0.3) is 0 Å². The summed E-state index contributed by atoms with van der Waals surface area (Å²) < 4.78 is 1.50. The average molecular weight is 237 g/mol. The van der Waals surface area contributed by atoms with Gasteiger partial charge in [-0.1, -0.05) is 17.7 Å². The zero-order valence-electron chi connectivity index (χ0n) is 8.51. The molecular weight excluding hydrogens is 228 g/mol. The Kier molecular flexibility index (Phi) is 2.66. The molecule has 1 aromatic heterocycles. The van der Waals surface area contributed by atoms with Crippen molar-refractivity contribution in [3.8, 4) is 5.69 Å². The molecule has 82 valence electrons. The monoisotopic (exact) mass is 236 g/mol. The lowest BCUT2D eigenvalue weighted by Crippen LogP contribution is -2.06. The number of carboxylic acid groups (broad SMARTS) is 1. The van der Waals surface area contributed by atoms with Gasteiger partial charge in [-0.15, -0.1) is 0 Å². The summed E-state index contributed by atoms with van der Waals surface area (Å²) in [6.07, 6.45) is 1.70. The van der Waals surface area contributed by atoms with E-state index in [0.29, 0.717) is 5.69 Å². The van der Waals surface area contributed by atoms with Gasteiger partial charge in [-0.3, -0.25) is 0 Å². The van der Waals surface area contributed by atoms with Gasteiger partial charge < -0.3 is 5.11 Å². The minimum Gasteiger partial charge on any atom is -0.478 e. The molecule has 5 heteroatoms. The zero-order chi connectivity index (χ0) is 11.7. The Morgan fingerprint density at radius 3 is 2.75 bits per heavy atom. The van der Waals surface area contributed by atoms with Crippen molar-refractivity contribution >= 4 is 17.6 Å². The summed E-state index contributed by atoms with van der Waals surface area (Å²) >= 11 is 5.86. The summed E-state index contributed by atoms with van der Waals surface area (Å²) in [6.45, 7) is 1.83. The van der Waals surface area contributed by atoms with Crippen LogP contribution in [0, 0.1) is 6.92 Å². The number of carboxylic acids is 1. The van der Waals surface area contributed by atoms with E-state index in [1.165, 1.54) is 4.68 Å². The second-order valence-corrected chi connectivity index (χ2v) is 3.75. The molecule has 0 saturated heterocycles. The lowest BCUT2D eigenvalue weighted by molar-refractivity contribution is 0.0697. The lowest BCUT2D eigenvalue weighted by Gasteiger charge is -2.07. The van der Waals surface area contributed by atoms with Crippen LogP contribution in [0.4, 0.5) is 0 Å². The van der Waals surface area contributed by atoms with Gasteiger partial charge in [0.1, 0.15) is 5.56 Å². The fraction of sp³-hybridized carbons (Fsp3) is 0.0909. The van der Waals surface area contributed by atoms with E-state index < -0.39 is 5.97 Å². The first-order valence-corrected chi connectivity index (χ1v) is 5.02. The predicted molar refractivity (Wildman–Crippen MR) is 60.3 cm³/mol. The summed E-state index contributed by atoms with van der Waals surface area (Å²) in [4.78, 5) is 11.1. The maximum atomic E-state index is 11.1. The SMILES string of the molecule is Cc1ccn(-c2cccc(Cl)c2C(=O)O)n1. The standard InChI is InChI=1S/C11H9ClN2O2/c1-7-5-6-14(13-7)9-4-2-3-8(12)10(9)11(15)16/h2-6H,1H3,(H,15,16). The topological polar surface area (TPSA) is 55.1 Å². The van der Waals surface area contributed by atoms with Crippen LogP contribution in [0.1, 0.15) is 16.1 Å². The van der Waals surface area contributed by atoms with Crippen molar-refractivity contribution in [1.29, 1.82) is 0 Å². The first kappa shape index (κ1) is 10.7. The molecule has 2 aromatic rings. The van der Waals surface area contributed by atoms with Gasteiger partial charge >= 0.3 is 5.97 Å². The molecule has 1 N–H and O–H groups in total. The lowest BCUT2D eigenvalue weighted by atomic mass is 10.2. The van der Waals surface area contributed by atoms with E-state index in [1.54, 1.807) is 30.5 Å². The second kappa shape index (κ2) is 3.98. The third-order valence-corrected chi connectivity index (χ3v) is 2.49. The number of hydrogen-bond acceptors (Lipinski definition) is 2. The molecule has 1 aromatic carbocycles. The van der Waals surface area contributed by atoms with Crippen LogP contribution in [0.5, 0.6) is 0 Å². The molecule has 0 saturated carbocycles. The maximum absolute atomic E-state index is 11.1. The number of carbonyl (C=O) groups is 1. The second-order valence-electron chi connectivity index (χ2n) is 3.34. The van der Waals surface area contributed by atoms with E-state index in [1.807, 2.05) is 6.92 Å². The van der Waals surface area contributed by atoms with Gasteiger partial charge in [0, 0.05) is 6.20 Å². The smallest absolute Gasteiger partial charge is 0.339 e. The molecule has 0 spiro atoms. The molecule has 1 heterocycles. The highest BCUT2D eigenvalue weighted by atomic mass is 35.5. The van der Waals surface area contributed by atoms with Gasteiger partial charge in [0.2, 0.25) is 0 Å². The number of aryl methyl sites for hydroxylation is 1. The quantitative estimate of drug-likeness (QED) is 0.872. The average Bonchev–Trinajstić information content (AvgIpc) is 2.63. The summed E-state index contributed by atoms with van der Waals surface area (Å²) in [5.74, 6) is -1.06. The third-order valence-electron chi connectivity index (χ3n) is 2.17. The van der Waals surface area contributed by atoms with Crippen LogP contribution in [0.25, 0.3) is 5.69 Å². The largest absolute Gasteiger partial charge is 0.478 e. The molecule has 0 aliphatic rings. The van der Waals surface area contributed by atoms with E-state index in [0.717, 1.165) is 5.69 Å². The van der Waals surface area contributed by atoms with Crippen molar-refractivity contribution in [2.45, 2.75) is 6.92 Å². The number of halogens is 1. The van der Waals surface area contributed by atoms with E-state index >= 15 is 0 Å². The van der Waals surface area contributed by atoms with Gasteiger partial charge in [-0.25, -0.2) is 9.48 Å². The maximum Gasteiger partial charge on any atom is 0.339 e. The minimum atomic E-state index is -1.06. The molecule has 2 rings (SSSR count). The number of hydrogen-bond donors (Lipinski definition) is 1. The van der Waals surface area contributed by atoms with Crippen LogP contribution < -0.4 is 0 Å². The van der Waals surface area contributed by atoms with E-state index in [9.17, 15) is 4.79 Å². The van der Waals surface area contributed by atoms with Crippen LogP contribution in [0.3, 0.4) is 0 Å². The fourth-order valence-corrected chi connectivity index (χ4v) is 1.72. The van der Waals surface area contributed by atoms with Crippen molar-refractivity contribution < 1.29 is 9.90 Å². The fourth-order valence-electron chi connectivity index (χ4n) is 1.46. The summed E-state index contributed by atoms with van der Waals surface area (Å²) in [5.41, 5.74) is 1.34. The van der Waals surface area contributed by atoms with Gasteiger partial charge in [0.05, 0.1) is 16.4 Å². The number of aromatic nitrogens is 2. The van der Waals surface area contributed by atoms with Crippen molar-refractivity contribution in [2.75, 3.05) is 0 Å². The first-order chi connectivity index (χ1) is 7.59. The van der Waals surface area contributed by atoms with Gasteiger partial charge in [-0.2, -0.15) is 5.10 Å². The van der Waals surface area contributed by atoms with Crippen LogP contribution in [0.2, 0.25) is 5.02 Å². The molecule has 0 bridgehead atoms. The van der Waals surface area contributed by atoms with E-state index in [4.69, 9.17) is 16.7 Å². The molecular formula is C11H9ClN2O2. The molecule has 0 unspecified atom stereocenters. The molecule has 0 radical (unpaired) electrons. The van der Waals surface area contributed by atoms with Crippen molar-refractivity contribution in [3.05, 3.63) is 46.7 Å². The van der Waals surface area contributed by atoms with E-state index in [-0.39, 0.29) is 10.6 Å². The molecule has 4 nitrogen and oxygen atoms in total. The predicted octanol–water partition coefficient (Wildman–Crippen LogP) is 2.53. The van der Waals surface area contributed by atoms with Gasteiger partial charge in [-0.05, 0) is 25.1 Å². The molecule has 0 fully saturated rings. The summed E-state index contributed by atoms with van der Waals surface area (Å²) in [7, 11) is 0. The zero-order valence-corrected chi connectivity index (χ0v) is 9.27. The Balaban J connectivity index is 2.65.